The molecule has 4 nitrogen and oxygen atoms in total. The Kier molecular flexibility index (Phi) is 4.07. The van der Waals surface area contributed by atoms with Gasteiger partial charge in [-0.1, -0.05) is 30.3 Å². The van der Waals surface area contributed by atoms with Crippen molar-refractivity contribution in [3.63, 3.8) is 0 Å². The van der Waals surface area contributed by atoms with Gasteiger partial charge in [-0.2, -0.15) is 4.57 Å². The zero-order valence-corrected chi connectivity index (χ0v) is 10.1. The summed E-state index contributed by atoms with van der Waals surface area (Å²) < 4.78 is 13.8. The summed E-state index contributed by atoms with van der Waals surface area (Å²) in [5.74, 6) is -0.835. The molecule has 0 atom stereocenters. The molecule has 0 aliphatic heterocycles. The molecule has 0 radical (unpaired) electrons. The van der Waals surface area contributed by atoms with Crippen molar-refractivity contribution < 1.29 is 18.5 Å². The zero-order chi connectivity index (χ0) is 13.7. The highest BCUT2D eigenvalue weighted by Gasteiger charge is 2.21. The Hall–Kier alpha value is -2.43. The Morgan fingerprint density at radius 2 is 1.89 bits per heavy atom. The lowest BCUT2D eigenvalue weighted by molar-refractivity contribution is -0.685. The molecule has 0 unspecified atom stereocenters. The van der Waals surface area contributed by atoms with Gasteiger partial charge >= 0.3 is 0 Å². The van der Waals surface area contributed by atoms with Gasteiger partial charge in [-0.25, -0.2) is 4.39 Å². The highest BCUT2D eigenvalue weighted by atomic mass is 19.1. The smallest absolute Gasteiger partial charge is 0.270 e. The van der Waals surface area contributed by atoms with Crippen LogP contribution < -0.4 is 4.57 Å². The number of carbonyl (C=O) groups is 2. The fourth-order valence-corrected chi connectivity index (χ4v) is 1.70. The van der Waals surface area contributed by atoms with Gasteiger partial charge in [0.15, 0.2) is 12.9 Å². The van der Waals surface area contributed by atoms with Crippen LogP contribution in [-0.4, -0.2) is 23.2 Å². The van der Waals surface area contributed by atoms with Crippen LogP contribution in [0.3, 0.4) is 0 Å². The van der Waals surface area contributed by atoms with E-state index in [0.717, 1.165) is 0 Å². The maximum absolute atomic E-state index is 12.4. The van der Waals surface area contributed by atoms with Crippen LogP contribution in [0, 0.1) is 0 Å². The third kappa shape index (κ3) is 3.07. The van der Waals surface area contributed by atoms with E-state index in [1.54, 1.807) is 24.3 Å². The van der Waals surface area contributed by atoms with Crippen LogP contribution in [0.5, 0.6) is 0 Å². The summed E-state index contributed by atoms with van der Waals surface area (Å²) >= 11 is 0. The van der Waals surface area contributed by atoms with Crippen LogP contribution in [0.4, 0.5) is 4.39 Å². The van der Waals surface area contributed by atoms with Gasteiger partial charge in [0.2, 0.25) is 12.3 Å². The number of hydrogen-bond acceptors (Lipinski definition) is 3. The van der Waals surface area contributed by atoms with E-state index in [9.17, 15) is 14.0 Å². The van der Waals surface area contributed by atoms with E-state index in [2.05, 4.69) is 4.98 Å². The van der Waals surface area contributed by atoms with E-state index in [1.807, 2.05) is 6.07 Å². The summed E-state index contributed by atoms with van der Waals surface area (Å²) in [7, 11) is 0. The van der Waals surface area contributed by atoms with Crippen molar-refractivity contribution in [2.75, 3.05) is 6.67 Å². The van der Waals surface area contributed by atoms with Crippen LogP contribution in [0.25, 0.3) is 0 Å². The highest BCUT2D eigenvalue weighted by molar-refractivity contribution is 5.96. The second-order valence-electron chi connectivity index (χ2n) is 3.94. The quantitative estimate of drug-likeness (QED) is 0.602. The van der Waals surface area contributed by atoms with Gasteiger partial charge in [0, 0.05) is 5.56 Å². The Labute approximate surface area is 109 Å². The normalized spacial score (nSPS) is 10.2. The average Bonchev–Trinajstić information content (AvgIpc) is 2.48. The predicted octanol–water partition coefficient (Wildman–Crippen LogP) is 1.40. The molecule has 0 bridgehead atoms. The van der Waals surface area contributed by atoms with Crippen molar-refractivity contribution in [3.8, 4) is 0 Å². The van der Waals surface area contributed by atoms with Gasteiger partial charge in [0.25, 0.3) is 11.5 Å². The number of hydrogen-bond donors (Lipinski definition) is 0. The number of benzene rings is 1. The molecule has 0 fully saturated rings. The maximum atomic E-state index is 12.4. The second kappa shape index (κ2) is 5.95. The van der Waals surface area contributed by atoms with Gasteiger partial charge < -0.3 is 0 Å². The third-order valence-electron chi connectivity index (χ3n) is 2.66. The maximum Gasteiger partial charge on any atom is 0.270 e. The molecule has 1 aromatic carbocycles. The summed E-state index contributed by atoms with van der Waals surface area (Å²) in [6, 6.07) is 8.73. The molecule has 19 heavy (non-hydrogen) atoms. The highest BCUT2D eigenvalue weighted by Crippen LogP contribution is 2.01. The Morgan fingerprint density at radius 3 is 2.58 bits per heavy atom. The number of nitrogens with zero attached hydrogens (tertiary/aromatic N) is 2. The molecule has 1 heterocycles. The number of halogens is 1. The summed E-state index contributed by atoms with van der Waals surface area (Å²) in [6.45, 7) is -1.13. The summed E-state index contributed by atoms with van der Waals surface area (Å²) in [5.41, 5.74) is 0.639. The van der Waals surface area contributed by atoms with Crippen LogP contribution in [0.1, 0.15) is 20.8 Å². The molecular formula is C14H12FN2O2+. The molecule has 1 aromatic heterocycles. The van der Waals surface area contributed by atoms with E-state index >= 15 is 0 Å². The SMILES string of the molecule is O=C(C[n+]1ccncc1C(=O)CF)c1ccccc1. The summed E-state index contributed by atoms with van der Waals surface area (Å²) in [4.78, 5) is 27.2. The van der Waals surface area contributed by atoms with Crippen molar-refractivity contribution in [2.24, 2.45) is 0 Å². The molecule has 0 N–H and O–H groups in total. The molecule has 0 saturated heterocycles. The lowest BCUT2D eigenvalue weighted by Gasteiger charge is -2.01. The second-order valence-corrected chi connectivity index (χ2v) is 3.94. The van der Waals surface area contributed by atoms with Gasteiger partial charge in [-0.05, 0) is 0 Å². The first-order valence-electron chi connectivity index (χ1n) is 5.73. The zero-order valence-electron chi connectivity index (χ0n) is 10.1. The first-order valence-corrected chi connectivity index (χ1v) is 5.73. The molecule has 2 aromatic rings. The van der Waals surface area contributed by atoms with Crippen LogP contribution in [0.15, 0.2) is 48.9 Å². The van der Waals surface area contributed by atoms with E-state index < -0.39 is 12.5 Å². The minimum absolute atomic E-state index is 0.0202. The first kappa shape index (κ1) is 13.0. The van der Waals surface area contributed by atoms with Crippen molar-refractivity contribution in [3.05, 3.63) is 60.2 Å². The molecular weight excluding hydrogens is 247 g/mol. The number of alkyl halides is 1. The molecule has 96 valence electrons. The van der Waals surface area contributed by atoms with Gasteiger partial charge in [-0.3, -0.25) is 14.6 Å². The fraction of sp³-hybridized carbons (Fsp3) is 0.143. The number of carbonyl (C=O) groups excluding carboxylic acids is 2. The molecule has 0 aliphatic carbocycles. The van der Waals surface area contributed by atoms with Gasteiger partial charge in [0.1, 0.15) is 6.20 Å². The largest absolute Gasteiger partial charge is 0.287 e. The summed E-state index contributed by atoms with van der Waals surface area (Å²) in [5, 5.41) is 0. The average molecular weight is 259 g/mol. The van der Waals surface area contributed by atoms with E-state index in [-0.39, 0.29) is 18.0 Å². The minimum Gasteiger partial charge on any atom is -0.287 e. The number of Topliss-reactive ketones (excluding diaryl/α,β-unsaturated/α-hetero) is 2. The lowest BCUT2D eigenvalue weighted by atomic mass is 10.1. The molecule has 2 rings (SSSR count). The van der Waals surface area contributed by atoms with E-state index in [4.69, 9.17) is 0 Å². The predicted molar refractivity (Wildman–Crippen MR) is 65.5 cm³/mol. The van der Waals surface area contributed by atoms with E-state index in [0.29, 0.717) is 5.56 Å². The van der Waals surface area contributed by atoms with Crippen LogP contribution in [-0.2, 0) is 6.54 Å². The van der Waals surface area contributed by atoms with Crippen molar-refractivity contribution in [1.29, 1.82) is 0 Å². The molecule has 0 aliphatic rings. The van der Waals surface area contributed by atoms with Crippen LogP contribution in [0.2, 0.25) is 0 Å². The Balaban J connectivity index is 2.25. The Bertz CT molecular complexity index is 599. The molecule has 0 spiro atoms. The fourth-order valence-electron chi connectivity index (χ4n) is 1.70. The number of rotatable bonds is 5. The summed E-state index contributed by atoms with van der Waals surface area (Å²) in [6.07, 6.45) is 4.21. The molecule has 5 heteroatoms. The Morgan fingerprint density at radius 1 is 1.16 bits per heavy atom. The minimum atomic E-state index is -1.11. The number of ketones is 2. The van der Waals surface area contributed by atoms with Crippen LogP contribution >= 0.6 is 0 Å². The topological polar surface area (TPSA) is 50.9 Å². The lowest BCUT2D eigenvalue weighted by Crippen LogP contribution is -2.44. The standard InChI is InChI=1S/C14H12FN2O2/c15-8-13(18)12-9-16-6-7-17(12)10-14(19)11-4-2-1-3-5-11/h1-7,9H,8,10H2/q+1. The molecule has 0 saturated carbocycles. The number of aromatic nitrogens is 2. The third-order valence-corrected chi connectivity index (χ3v) is 2.66. The molecule has 0 amide bonds. The monoisotopic (exact) mass is 259 g/mol. The van der Waals surface area contributed by atoms with Crippen molar-refractivity contribution >= 4 is 11.6 Å². The van der Waals surface area contributed by atoms with Crippen molar-refractivity contribution in [2.45, 2.75) is 6.54 Å². The van der Waals surface area contributed by atoms with E-state index in [1.165, 1.54) is 23.2 Å². The van der Waals surface area contributed by atoms with Crippen molar-refractivity contribution in [1.82, 2.24) is 4.98 Å². The first-order chi connectivity index (χ1) is 9.22. The van der Waals surface area contributed by atoms with Gasteiger partial charge in [0.05, 0.1) is 6.20 Å². The van der Waals surface area contributed by atoms with Gasteiger partial charge in [-0.15, -0.1) is 0 Å².